The standard InChI is InChI=1S/C22H19N5O3S/c1-29-18-11-13-20(14-12-18)30-19-9-3-15(4-10-19)21(28)23-16-5-7-17(8-6-16)27-22(31-2)24-25-26-27/h3-14H,1-2H3,(H,23,28). The number of anilines is 1. The van der Waals surface area contributed by atoms with Crippen LogP contribution in [-0.2, 0) is 0 Å². The van der Waals surface area contributed by atoms with E-state index in [-0.39, 0.29) is 5.91 Å². The Hall–Kier alpha value is -3.85. The van der Waals surface area contributed by atoms with Gasteiger partial charge in [0.25, 0.3) is 5.91 Å². The predicted octanol–water partition coefficient (Wildman–Crippen LogP) is 4.44. The molecule has 0 aliphatic rings. The van der Waals surface area contributed by atoms with Crippen LogP contribution in [0.5, 0.6) is 17.2 Å². The highest BCUT2D eigenvalue weighted by molar-refractivity contribution is 7.98. The Morgan fingerprint density at radius 3 is 2.13 bits per heavy atom. The molecule has 31 heavy (non-hydrogen) atoms. The number of carbonyl (C=O) groups is 1. The number of hydrogen-bond acceptors (Lipinski definition) is 7. The van der Waals surface area contributed by atoms with E-state index < -0.39 is 0 Å². The predicted molar refractivity (Wildman–Crippen MR) is 118 cm³/mol. The van der Waals surface area contributed by atoms with E-state index in [2.05, 4.69) is 20.8 Å². The lowest BCUT2D eigenvalue weighted by Crippen LogP contribution is -2.11. The van der Waals surface area contributed by atoms with Gasteiger partial charge in [-0.15, -0.1) is 5.10 Å². The van der Waals surface area contributed by atoms with Crippen LogP contribution in [0, 0.1) is 0 Å². The normalized spacial score (nSPS) is 10.5. The summed E-state index contributed by atoms with van der Waals surface area (Å²) in [7, 11) is 1.61. The fourth-order valence-electron chi connectivity index (χ4n) is 2.81. The summed E-state index contributed by atoms with van der Waals surface area (Å²) >= 11 is 1.45. The van der Waals surface area contributed by atoms with Crippen molar-refractivity contribution in [3.05, 3.63) is 78.4 Å². The van der Waals surface area contributed by atoms with Crippen LogP contribution in [0.1, 0.15) is 10.4 Å². The van der Waals surface area contributed by atoms with Gasteiger partial charge < -0.3 is 14.8 Å². The first kappa shape index (κ1) is 20.4. The fourth-order valence-corrected chi connectivity index (χ4v) is 3.24. The summed E-state index contributed by atoms with van der Waals surface area (Å²) in [5, 5.41) is 15.2. The minimum absolute atomic E-state index is 0.212. The number of methoxy groups -OCH3 is 1. The Balaban J connectivity index is 1.39. The molecule has 0 unspecified atom stereocenters. The smallest absolute Gasteiger partial charge is 0.255 e. The number of amides is 1. The van der Waals surface area contributed by atoms with E-state index in [1.54, 1.807) is 48.2 Å². The van der Waals surface area contributed by atoms with Gasteiger partial charge in [0.05, 0.1) is 12.8 Å². The zero-order chi connectivity index (χ0) is 21.6. The van der Waals surface area contributed by atoms with Crippen LogP contribution in [-0.4, -0.2) is 39.5 Å². The number of benzene rings is 3. The number of aromatic nitrogens is 4. The van der Waals surface area contributed by atoms with Gasteiger partial charge in [0, 0.05) is 11.3 Å². The van der Waals surface area contributed by atoms with Crippen LogP contribution < -0.4 is 14.8 Å². The summed E-state index contributed by atoms with van der Waals surface area (Å²) in [5.41, 5.74) is 2.01. The van der Waals surface area contributed by atoms with Gasteiger partial charge in [0.15, 0.2) is 0 Å². The van der Waals surface area contributed by atoms with Gasteiger partial charge in [-0.3, -0.25) is 4.79 Å². The highest BCUT2D eigenvalue weighted by atomic mass is 32.2. The highest BCUT2D eigenvalue weighted by Crippen LogP contribution is 2.24. The van der Waals surface area contributed by atoms with Crippen molar-refractivity contribution in [3.63, 3.8) is 0 Å². The average Bonchev–Trinajstić information content (AvgIpc) is 3.29. The van der Waals surface area contributed by atoms with E-state index in [1.165, 1.54) is 11.8 Å². The van der Waals surface area contributed by atoms with Crippen LogP contribution in [0.2, 0.25) is 0 Å². The van der Waals surface area contributed by atoms with Crippen LogP contribution in [0.25, 0.3) is 5.69 Å². The maximum Gasteiger partial charge on any atom is 0.255 e. The SMILES string of the molecule is COc1ccc(Oc2ccc(C(=O)Nc3ccc(-n4nnnc4SC)cc3)cc2)cc1. The number of ether oxygens (including phenoxy) is 2. The van der Waals surface area contributed by atoms with Crippen molar-refractivity contribution in [1.82, 2.24) is 20.2 Å². The molecule has 1 heterocycles. The van der Waals surface area contributed by atoms with Gasteiger partial charge in [0.1, 0.15) is 17.2 Å². The fraction of sp³-hybridized carbons (Fsp3) is 0.0909. The maximum absolute atomic E-state index is 12.6. The molecule has 0 saturated carbocycles. The second-order valence-corrected chi connectivity index (χ2v) is 7.15. The van der Waals surface area contributed by atoms with Crippen molar-refractivity contribution < 1.29 is 14.3 Å². The number of tetrazole rings is 1. The van der Waals surface area contributed by atoms with Crippen LogP contribution in [0.3, 0.4) is 0 Å². The Morgan fingerprint density at radius 1 is 0.903 bits per heavy atom. The number of carbonyl (C=O) groups excluding carboxylic acids is 1. The molecule has 0 bridgehead atoms. The van der Waals surface area contributed by atoms with Gasteiger partial charge >= 0.3 is 0 Å². The van der Waals surface area contributed by atoms with Crippen LogP contribution in [0.4, 0.5) is 5.69 Å². The molecular weight excluding hydrogens is 414 g/mol. The van der Waals surface area contributed by atoms with Gasteiger partial charge in [0.2, 0.25) is 5.16 Å². The summed E-state index contributed by atoms with van der Waals surface area (Å²) < 4.78 is 12.6. The van der Waals surface area contributed by atoms with Crippen molar-refractivity contribution >= 4 is 23.4 Å². The number of rotatable bonds is 7. The molecule has 8 nitrogen and oxygen atoms in total. The van der Waals surface area contributed by atoms with E-state index >= 15 is 0 Å². The molecule has 0 aliphatic heterocycles. The van der Waals surface area contributed by atoms with Crippen molar-refractivity contribution in [2.75, 3.05) is 18.7 Å². The first-order valence-electron chi connectivity index (χ1n) is 9.32. The molecule has 1 aromatic heterocycles. The quantitative estimate of drug-likeness (QED) is 0.431. The molecule has 9 heteroatoms. The summed E-state index contributed by atoms with van der Waals surface area (Å²) in [6, 6.07) is 21.5. The van der Waals surface area contributed by atoms with Crippen molar-refractivity contribution in [2.45, 2.75) is 5.16 Å². The van der Waals surface area contributed by atoms with E-state index in [1.807, 2.05) is 42.7 Å². The van der Waals surface area contributed by atoms with Crippen LogP contribution in [0.15, 0.2) is 78.0 Å². The molecule has 4 rings (SSSR count). The lowest BCUT2D eigenvalue weighted by molar-refractivity contribution is 0.102. The molecule has 3 aromatic carbocycles. The van der Waals surface area contributed by atoms with E-state index in [4.69, 9.17) is 9.47 Å². The zero-order valence-electron chi connectivity index (χ0n) is 16.9. The topological polar surface area (TPSA) is 91.2 Å². The lowest BCUT2D eigenvalue weighted by Gasteiger charge is -2.09. The lowest BCUT2D eigenvalue weighted by atomic mass is 10.2. The van der Waals surface area contributed by atoms with Crippen molar-refractivity contribution in [1.29, 1.82) is 0 Å². The second kappa shape index (κ2) is 9.31. The molecule has 1 N–H and O–H groups in total. The van der Waals surface area contributed by atoms with Gasteiger partial charge in [-0.2, -0.15) is 4.68 Å². The molecule has 1 amide bonds. The third kappa shape index (κ3) is 4.84. The third-order valence-corrected chi connectivity index (χ3v) is 5.02. The first-order valence-corrected chi connectivity index (χ1v) is 10.5. The monoisotopic (exact) mass is 433 g/mol. The van der Waals surface area contributed by atoms with Gasteiger partial charge in [-0.1, -0.05) is 11.8 Å². The van der Waals surface area contributed by atoms with Gasteiger partial charge in [-0.25, -0.2) is 0 Å². The van der Waals surface area contributed by atoms with E-state index in [0.29, 0.717) is 27.9 Å². The molecule has 156 valence electrons. The molecule has 0 saturated heterocycles. The minimum atomic E-state index is -0.212. The number of nitrogens with one attached hydrogen (secondary N) is 1. The Labute approximate surface area is 183 Å². The van der Waals surface area contributed by atoms with Crippen molar-refractivity contribution in [3.8, 4) is 22.9 Å². The summed E-state index contributed by atoms with van der Waals surface area (Å²) in [5.74, 6) is 1.87. The number of thioether (sulfide) groups is 1. The third-order valence-electron chi connectivity index (χ3n) is 4.40. The Kier molecular flexibility index (Phi) is 6.13. The van der Waals surface area contributed by atoms with Crippen molar-refractivity contribution in [2.24, 2.45) is 0 Å². The summed E-state index contributed by atoms with van der Waals surface area (Å²) in [6.07, 6.45) is 1.91. The average molecular weight is 433 g/mol. The molecule has 0 fully saturated rings. The van der Waals surface area contributed by atoms with E-state index in [0.717, 1.165) is 11.4 Å². The molecule has 0 radical (unpaired) electrons. The van der Waals surface area contributed by atoms with Crippen LogP contribution >= 0.6 is 11.8 Å². The highest BCUT2D eigenvalue weighted by Gasteiger charge is 2.09. The second-order valence-electron chi connectivity index (χ2n) is 6.38. The number of hydrogen-bond donors (Lipinski definition) is 1. The first-order chi connectivity index (χ1) is 15.2. The molecule has 4 aromatic rings. The van der Waals surface area contributed by atoms with Gasteiger partial charge in [-0.05, 0) is 89.5 Å². The molecular formula is C22H19N5O3S. The van der Waals surface area contributed by atoms with E-state index in [9.17, 15) is 4.79 Å². The summed E-state index contributed by atoms with van der Waals surface area (Å²) in [6.45, 7) is 0. The Morgan fingerprint density at radius 2 is 1.52 bits per heavy atom. The largest absolute Gasteiger partial charge is 0.497 e. The number of nitrogens with zero attached hydrogens (tertiary/aromatic N) is 4. The zero-order valence-corrected chi connectivity index (χ0v) is 17.7. The molecule has 0 atom stereocenters. The molecule has 0 aliphatic carbocycles. The Bertz CT molecular complexity index is 1160. The molecule has 0 spiro atoms. The summed E-state index contributed by atoms with van der Waals surface area (Å²) in [4.78, 5) is 12.6. The maximum atomic E-state index is 12.6. The minimum Gasteiger partial charge on any atom is -0.497 e.